The van der Waals surface area contributed by atoms with Gasteiger partial charge >= 0.3 is 5.97 Å². The monoisotopic (exact) mass is 751 g/mol. The average molecular weight is 752 g/mol. The van der Waals surface area contributed by atoms with Gasteiger partial charge in [0, 0.05) is 58.6 Å². The third-order valence-electron chi connectivity index (χ3n) is 7.62. The van der Waals surface area contributed by atoms with Gasteiger partial charge in [0.25, 0.3) is 11.8 Å². The number of nitrogens with one attached hydrogen (secondary N) is 1. The number of carboxylic acid groups (broad SMARTS) is 1. The Bertz CT molecular complexity index is 937. The zero-order chi connectivity index (χ0) is 37.4. The van der Waals surface area contributed by atoms with Crippen molar-refractivity contribution in [1.82, 2.24) is 15.1 Å². The van der Waals surface area contributed by atoms with E-state index >= 15 is 0 Å². The standard InChI is InChI=1S/C34H61N3O15/c1-42-11-12-46-19-20-50-25-22-48-17-14-44-9-5-35-6-10-45-15-18-49-23-26-52-28-27-51-24-21-47-16-13-43-8-2-7-36-29-34(30-36,33(40)41)37-31(38)3-4-32(37)39/h3-4,35H,2,5-30H2,1H3,(H,40,41). The van der Waals surface area contributed by atoms with Crippen LogP contribution in [0.2, 0.25) is 0 Å². The SMILES string of the molecule is COCCOCCOCCOCCOCCNCCOCCOCCOCCOCCOCCOCCCN1CC(C(=O)O)(N2C(=O)C=CC2=O)C1. The Morgan fingerprint density at radius 2 is 0.904 bits per heavy atom. The van der Waals surface area contributed by atoms with Crippen LogP contribution in [0, 0.1) is 0 Å². The molecule has 2 heterocycles. The fraction of sp³-hybridized carbons (Fsp3) is 0.853. The molecule has 0 aromatic rings. The van der Waals surface area contributed by atoms with E-state index in [4.69, 9.17) is 52.1 Å². The number of hydrogen-bond donors (Lipinski definition) is 2. The summed E-state index contributed by atoms with van der Waals surface area (Å²) in [6, 6.07) is 0. The summed E-state index contributed by atoms with van der Waals surface area (Å²) in [5.41, 5.74) is -1.49. The van der Waals surface area contributed by atoms with Crippen molar-refractivity contribution in [3.05, 3.63) is 12.2 Å². The lowest BCUT2D eigenvalue weighted by Gasteiger charge is -2.50. The molecule has 18 nitrogen and oxygen atoms in total. The Hall–Kier alpha value is -2.17. The Kier molecular flexibility index (Phi) is 27.6. The van der Waals surface area contributed by atoms with Crippen LogP contribution in [-0.2, 0) is 66.5 Å². The summed E-state index contributed by atoms with van der Waals surface area (Å²) in [5, 5.41) is 12.9. The predicted octanol–water partition coefficient (Wildman–Crippen LogP) is -1.16. The van der Waals surface area contributed by atoms with E-state index < -0.39 is 23.3 Å². The first-order valence-corrected chi connectivity index (χ1v) is 18.0. The lowest BCUT2D eigenvalue weighted by Crippen LogP contribution is -2.75. The van der Waals surface area contributed by atoms with Crippen molar-refractivity contribution in [2.45, 2.75) is 12.0 Å². The van der Waals surface area contributed by atoms with Gasteiger partial charge in [0.1, 0.15) is 0 Å². The molecule has 0 radical (unpaired) electrons. The van der Waals surface area contributed by atoms with Gasteiger partial charge in [-0.15, -0.1) is 0 Å². The van der Waals surface area contributed by atoms with Crippen molar-refractivity contribution in [2.75, 3.05) is 179 Å². The van der Waals surface area contributed by atoms with E-state index in [1.54, 1.807) is 7.11 Å². The molecular formula is C34H61N3O15. The van der Waals surface area contributed by atoms with Gasteiger partial charge < -0.3 is 62.5 Å². The molecule has 0 saturated carbocycles. The Labute approximate surface area is 307 Å². The van der Waals surface area contributed by atoms with Crippen molar-refractivity contribution in [3.8, 4) is 0 Å². The Balaban J connectivity index is 1.18. The lowest BCUT2D eigenvalue weighted by atomic mass is 9.87. The highest BCUT2D eigenvalue weighted by atomic mass is 16.6. The number of likely N-dealkylation sites (tertiary alicyclic amines) is 1. The number of ether oxygens (including phenoxy) is 11. The molecule has 0 aliphatic carbocycles. The molecule has 2 amide bonds. The van der Waals surface area contributed by atoms with Crippen molar-refractivity contribution in [2.24, 2.45) is 0 Å². The number of amides is 2. The minimum absolute atomic E-state index is 0.112. The third kappa shape index (κ3) is 20.9. The Morgan fingerprint density at radius 1 is 0.577 bits per heavy atom. The zero-order valence-electron chi connectivity index (χ0n) is 30.8. The van der Waals surface area contributed by atoms with Crippen molar-refractivity contribution < 1.29 is 71.6 Å². The van der Waals surface area contributed by atoms with Crippen LogP contribution in [0.4, 0.5) is 0 Å². The molecule has 0 atom stereocenters. The molecule has 1 fully saturated rings. The molecule has 0 aromatic heterocycles. The first-order chi connectivity index (χ1) is 25.5. The number of carboxylic acids is 1. The second-order valence-electron chi connectivity index (χ2n) is 11.6. The highest BCUT2D eigenvalue weighted by Gasteiger charge is 2.58. The van der Waals surface area contributed by atoms with Crippen LogP contribution < -0.4 is 5.32 Å². The number of imide groups is 1. The van der Waals surface area contributed by atoms with E-state index in [0.717, 1.165) is 30.1 Å². The first kappa shape index (κ1) is 46.0. The van der Waals surface area contributed by atoms with Crippen molar-refractivity contribution in [3.63, 3.8) is 0 Å². The summed E-state index contributed by atoms with van der Waals surface area (Å²) >= 11 is 0. The average Bonchev–Trinajstić information content (AvgIpc) is 3.45. The maximum Gasteiger partial charge on any atom is 0.332 e. The van der Waals surface area contributed by atoms with E-state index in [9.17, 15) is 19.5 Å². The van der Waals surface area contributed by atoms with Crippen LogP contribution in [0.15, 0.2) is 12.2 Å². The fourth-order valence-electron chi connectivity index (χ4n) is 4.96. The molecule has 0 unspecified atom stereocenters. The molecule has 2 aliphatic rings. The Morgan fingerprint density at radius 3 is 1.25 bits per heavy atom. The molecule has 0 aromatic carbocycles. The summed E-state index contributed by atoms with van der Waals surface area (Å²) in [7, 11) is 1.64. The van der Waals surface area contributed by atoms with Crippen molar-refractivity contribution >= 4 is 17.8 Å². The van der Waals surface area contributed by atoms with Gasteiger partial charge in [-0.05, 0) is 6.42 Å². The predicted molar refractivity (Wildman–Crippen MR) is 185 cm³/mol. The lowest BCUT2D eigenvalue weighted by molar-refractivity contribution is -0.174. The molecular weight excluding hydrogens is 690 g/mol. The summed E-state index contributed by atoms with van der Waals surface area (Å²) in [5.74, 6) is -2.33. The summed E-state index contributed by atoms with van der Waals surface area (Å²) in [6.45, 7) is 13.1. The van der Waals surface area contributed by atoms with Crippen molar-refractivity contribution in [1.29, 1.82) is 0 Å². The zero-order valence-corrected chi connectivity index (χ0v) is 30.8. The van der Waals surface area contributed by atoms with E-state index in [2.05, 4.69) is 5.32 Å². The number of hydrogen-bond acceptors (Lipinski definition) is 16. The molecule has 0 spiro atoms. The van der Waals surface area contributed by atoms with Gasteiger partial charge in [-0.1, -0.05) is 0 Å². The molecule has 2 aliphatic heterocycles. The van der Waals surface area contributed by atoms with Crippen LogP contribution >= 0.6 is 0 Å². The summed E-state index contributed by atoms with van der Waals surface area (Å²) in [6.07, 6.45) is 2.90. The van der Waals surface area contributed by atoms with Gasteiger partial charge in [-0.3, -0.25) is 19.4 Å². The summed E-state index contributed by atoms with van der Waals surface area (Å²) in [4.78, 5) is 38.4. The molecule has 302 valence electrons. The number of aliphatic carboxylic acids is 1. The van der Waals surface area contributed by atoms with Gasteiger partial charge in [0.05, 0.1) is 132 Å². The molecule has 52 heavy (non-hydrogen) atoms. The van der Waals surface area contributed by atoms with Crippen LogP contribution in [0.1, 0.15) is 6.42 Å². The van der Waals surface area contributed by atoms with Gasteiger partial charge in [0.15, 0.2) is 5.54 Å². The minimum atomic E-state index is -1.49. The smallest absolute Gasteiger partial charge is 0.332 e. The van der Waals surface area contributed by atoms with Gasteiger partial charge in [-0.25, -0.2) is 4.79 Å². The normalized spacial score (nSPS) is 15.6. The highest BCUT2D eigenvalue weighted by molar-refractivity contribution is 6.16. The number of methoxy groups -OCH3 is 1. The molecule has 2 rings (SSSR count). The maximum absolute atomic E-state index is 11.9. The van der Waals surface area contributed by atoms with E-state index in [1.807, 2.05) is 4.90 Å². The molecule has 1 saturated heterocycles. The van der Waals surface area contributed by atoms with E-state index in [1.165, 1.54) is 0 Å². The number of carbonyl (C=O) groups excluding carboxylic acids is 2. The maximum atomic E-state index is 11.9. The number of rotatable bonds is 39. The highest BCUT2D eigenvalue weighted by Crippen LogP contribution is 2.31. The van der Waals surface area contributed by atoms with Gasteiger partial charge in [-0.2, -0.15) is 0 Å². The van der Waals surface area contributed by atoms with Crippen LogP contribution in [-0.4, -0.2) is 217 Å². The topological polar surface area (TPSA) is 191 Å². The molecule has 18 heteroatoms. The third-order valence-corrected chi connectivity index (χ3v) is 7.62. The molecule has 2 N–H and O–H groups in total. The second kappa shape index (κ2) is 31.2. The van der Waals surface area contributed by atoms with E-state index in [0.29, 0.717) is 152 Å². The van der Waals surface area contributed by atoms with E-state index in [-0.39, 0.29) is 13.1 Å². The van der Waals surface area contributed by atoms with Crippen LogP contribution in [0.25, 0.3) is 0 Å². The fourth-order valence-corrected chi connectivity index (χ4v) is 4.96. The minimum Gasteiger partial charge on any atom is -0.479 e. The largest absolute Gasteiger partial charge is 0.479 e. The second-order valence-corrected chi connectivity index (χ2v) is 11.6. The summed E-state index contributed by atoms with van der Waals surface area (Å²) < 4.78 is 59.6. The quantitative estimate of drug-likeness (QED) is 0.0565. The molecule has 0 bridgehead atoms. The van der Waals surface area contributed by atoms with Crippen LogP contribution in [0.5, 0.6) is 0 Å². The number of nitrogens with zero attached hydrogens (tertiary/aromatic N) is 2. The number of carbonyl (C=O) groups is 3. The van der Waals surface area contributed by atoms with Crippen LogP contribution in [0.3, 0.4) is 0 Å². The first-order valence-electron chi connectivity index (χ1n) is 18.0. The van der Waals surface area contributed by atoms with Gasteiger partial charge in [0.2, 0.25) is 0 Å².